The van der Waals surface area contributed by atoms with Crippen molar-refractivity contribution in [3.63, 3.8) is 0 Å². The standard InChI is InChI=1S/C16H36N2O8SSi/c1-21-27(22-2,23-3)13-7-11-17-15(19)9-10-16(20)18-12-8-14-28(24-4,25-5)26-6/h7-14H2,1-6H3,(H,17,19)(H,18,20). The summed E-state index contributed by atoms with van der Waals surface area (Å²) in [5.74, 6) is 0.204. The van der Waals surface area contributed by atoms with Crippen molar-refractivity contribution < 1.29 is 35.4 Å². The van der Waals surface area contributed by atoms with E-state index in [0.717, 1.165) is 0 Å². The largest absolute Gasteiger partial charge is 0.500 e. The molecule has 2 N–H and O–H groups in total. The summed E-state index contributed by atoms with van der Waals surface area (Å²) in [6.07, 6.45) is 1.58. The highest BCUT2D eigenvalue weighted by Gasteiger charge is 2.36. The molecular formula is C16H36N2O8SSi. The van der Waals surface area contributed by atoms with Gasteiger partial charge in [-0.15, -0.1) is 0 Å². The monoisotopic (exact) mass is 444 g/mol. The van der Waals surface area contributed by atoms with Gasteiger partial charge in [-0.05, 0) is 12.8 Å². The van der Waals surface area contributed by atoms with Crippen LogP contribution in [0.25, 0.3) is 0 Å². The van der Waals surface area contributed by atoms with Crippen molar-refractivity contribution in [1.29, 1.82) is 0 Å². The average Bonchev–Trinajstić information content (AvgIpc) is 2.73. The fourth-order valence-corrected chi connectivity index (χ4v) is 5.55. The highest BCUT2D eigenvalue weighted by atomic mass is 32.3. The van der Waals surface area contributed by atoms with Crippen LogP contribution in [0.2, 0.25) is 6.04 Å². The van der Waals surface area contributed by atoms with E-state index in [0.29, 0.717) is 37.7 Å². The molecule has 0 aliphatic carbocycles. The summed E-state index contributed by atoms with van der Waals surface area (Å²) >= 11 is 0. The van der Waals surface area contributed by atoms with Crippen molar-refractivity contribution in [3.8, 4) is 0 Å². The molecule has 28 heavy (non-hydrogen) atoms. The highest BCUT2D eigenvalue weighted by molar-refractivity contribution is 8.21. The molecule has 0 fully saturated rings. The molecule has 0 atom stereocenters. The molecule has 0 radical (unpaired) electrons. The van der Waals surface area contributed by atoms with Crippen LogP contribution >= 0.6 is 10.9 Å². The Morgan fingerprint density at radius 1 is 0.750 bits per heavy atom. The molecule has 0 aliphatic heterocycles. The summed E-state index contributed by atoms with van der Waals surface area (Å²) in [7, 11) is 4.64. The molecule has 0 spiro atoms. The smallest absolute Gasteiger partial charge is 0.377 e. The van der Waals surface area contributed by atoms with Crippen molar-refractivity contribution in [1.82, 2.24) is 10.6 Å². The Morgan fingerprint density at radius 3 is 1.57 bits per heavy atom. The van der Waals surface area contributed by atoms with E-state index in [9.17, 15) is 9.59 Å². The minimum absolute atomic E-state index is 0.134. The third-order valence-corrected chi connectivity index (χ3v) is 9.29. The molecule has 10 nitrogen and oxygen atoms in total. The van der Waals surface area contributed by atoms with Gasteiger partial charge < -0.3 is 23.9 Å². The summed E-state index contributed by atoms with van der Waals surface area (Å²) in [6, 6.07) is 0.602. The lowest BCUT2D eigenvalue weighted by molar-refractivity contribution is -0.126. The Morgan fingerprint density at radius 2 is 1.18 bits per heavy atom. The molecular weight excluding hydrogens is 408 g/mol. The SMILES string of the molecule is CO[Si](CCCNC(=O)CCC(=O)NCCCS(OC)(OC)OC)(OC)OC. The number of rotatable bonds is 17. The molecule has 0 aromatic carbocycles. The summed E-state index contributed by atoms with van der Waals surface area (Å²) in [5.41, 5.74) is 0. The zero-order valence-corrected chi connectivity index (χ0v) is 19.6. The normalized spacial score (nSPS) is 12.6. The number of hydrogen-bond acceptors (Lipinski definition) is 8. The van der Waals surface area contributed by atoms with Gasteiger partial charge in [0.1, 0.15) is 0 Å². The zero-order chi connectivity index (χ0) is 21.5. The number of carbonyl (C=O) groups is 2. The van der Waals surface area contributed by atoms with Gasteiger partial charge in [0.05, 0.1) is 32.2 Å². The Labute approximate surface area is 171 Å². The van der Waals surface area contributed by atoms with Gasteiger partial charge in [-0.25, -0.2) is 0 Å². The average molecular weight is 445 g/mol. The first-order valence-corrected chi connectivity index (χ1v) is 12.5. The van der Waals surface area contributed by atoms with Gasteiger partial charge in [-0.1, -0.05) is 0 Å². The quantitative estimate of drug-likeness (QED) is 0.254. The van der Waals surface area contributed by atoms with E-state index >= 15 is 0 Å². The molecule has 0 heterocycles. The molecule has 0 saturated carbocycles. The van der Waals surface area contributed by atoms with Crippen molar-refractivity contribution in [2.75, 3.05) is 61.5 Å². The second-order valence-corrected chi connectivity index (χ2v) is 11.3. The second kappa shape index (κ2) is 15.2. The van der Waals surface area contributed by atoms with Gasteiger partial charge in [0.15, 0.2) is 0 Å². The maximum absolute atomic E-state index is 11.8. The van der Waals surface area contributed by atoms with E-state index in [1.54, 1.807) is 21.3 Å². The maximum atomic E-state index is 11.8. The van der Waals surface area contributed by atoms with E-state index in [2.05, 4.69) is 10.6 Å². The van der Waals surface area contributed by atoms with Crippen LogP contribution in [0.4, 0.5) is 0 Å². The number of amides is 2. The molecule has 12 heteroatoms. The van der Waals surface area contributed by atoms with Crippen molar-refractivity contribution in [2.24, 2.45) is 0 Å². The molecule has 0 saturated heterocycles. The van der Waals surface area contributed by atoms with E-state index in [1.807, 2.05) is 0 Å². The predicted octanol–water partition coefficient (Wildman–Crippen LogP) is 1.15. The molecule has 0 unspecified atom stereocenters. The first-order valence-electron chi connectivity index (χ1n) is 9.03. The van der Waals surface area contributed by atoms with Gasteiger partial charge in [0.2, 0.25) is 11.8 Å². The number of carbonyl (C=O) groups excluding carboxylic acids is 2. The van der Waals surface area contributed by atoms with Gasteiger partial charge in [-0.2, -0.15) is 0 Å². The Bertz CT molecular complexity index is 394. The van der Waals surface area contributed by atoms with Crippen LogP contribution in [0, 0.1) is 0 Å². The van der Waals surface area contributed by atoms with Crippen LogP contribution in [0.3, 0.4) is 0 Å². The molecule has 0 bridgehead atoms. The first kappa shape index (κ1) is 27.3. The summed E-state index contributed by atoms with van der Waals surface area (Å²) in [5, 5.41) is 5.56. The zero-order valence-electron chi connectivity index (χ0n) is 17.8. The Kier molecular flexibility index (Phi) is 14.8. The molecule has 0 aromatic rings. The van der Waals surface area contributed by atoms with Crippen molar-refractivity contribution >= 4 is 31.5 Å². The number of hydrogen-bond donors (Lipinski definition) is 2. The molecule has 2 amide bonds. The summed E-state index contributed by atoms with van der Waals surface area (Å²) in [4.78, 5) is 23.7. The molecule has 0 aliphatic rings. The fraction of sp³-hybridized carbons (Fsp3) is 0.875. The lowest BCUT2D eigenvalue weighted by Gasteiger charge is -2.33. The third-order valence-electron chi connectivity index (χ3n) is 4.15. The Balaban J connectivity index is 3.91. The van der Waals surface area contributed by atoms with Crippen LogP contribution in [-0.4, -0.2) is 82.1 Å². The summed E-state index contributed by atoms with van der Waals surface area (Å²) in [6.45, 7) is 0.935. The van der Waals surface area contributed by atoms with Gasteiger partial charge in [-0.3, -0.25) is 22.1 Å². The topological polar surface area (TPSA) is 114 Å². The van der Waals surface area contributed by atoms with Crippen LogP contribution < -0.4 is 10.6 Å². The minimum Gasteiger partial charge on any atom is -0.377 e. The van der Waals surface area contributed by atoms with E-state index < -0.39 is 19.7 Å². The lowest BCUT2D eigenvalue weighted by Crippen LogP contribution is -2.43. The van der Waals surface area contributed by atoms with Gasteiger partial charge in [0, 0.05) is 59.1 Å². The second-order valence-electron chi connectivity index (χ2n) is 5.71. The van der Waals surface area contributed by atoms with Crippen LogP contribution in [0.1, 0.15) is 25.7 Å². The summed E-state index contributed by atoms with van der Waals surface area (Å²) < 4.78 is 31.7. The van der Waals surface area contributed by atoms with Crippen molar-refractivity contribution in [3.05, 3.63) is 0 Å². The van der Waals surface area contributed by atoms with Crippen LogP contribution in [-0.2, 0) is 35.4 Å². The van der Waals surface area contributed by atoms with Crippen molar-refractivity contribution in [2.45, 2.75) is 31.7 Å². The minimum atomic E-state index is -2.61. The Hall–Kier alpha value is -0.733. The highest BCUT2D eigenvalue weighted by Crippen LogP contribution is 2.49. The maximum Gasteiger partial charge on any atom is 0.500 e. The lowest BCUT2D eigenvalue weighted by atomic mass is 10.2. The molecule has 168 valence electrons. The molecule has 0 rings (SSSR count). The van der Waals surface area contributed by atoms with E-state index in [-0.39, 0.29) is 24.7 Å². The van der Waals surface area contributed by atoms with Crippen LogP contribution in [0.15, 0.2) is 0 Å². The molecule has 0 aromatic heterocycles. The van der Waals surface area contributed by atoms with Gasteiger partial charge >= 0.3 is 8.80 Å². The third kappa shape index (κ3) is 10.2. The predicted molar refractivity (Wildman–Crippen MR) is 110 cm³/mol. The fourth-order valence-electron chi connectivity index (χ4n) is 2.42. The first-order chi connectivity index (χ1) is 13.4. The van der Waals surface area contributed by atoms with Crippen LogP contribution in [0.5, 0.6) is 0 Å². The van der Waals surface area contributed by atoms with E-state index in [1.165, 1.54) is 21.3 Å². The number of nitrogens with one attached hydrogen (secondary N) is 2. The van der Waals surface area contributed by atoms with E-state index in [4.69, 9.17) is 25.8 Å². The van der Waals surface area contributed by atoms with Gasteiger partial charge in [0.25, 0.3) is 0 Å².